The van der Waals surface area contributed by atoms with Gasteiger partial charge in [0.05, 0.1) is 0 Å². The summed E-state index contributed by atoms with van der Waals surface area (Å²) in [5.74, 6) is 0. The molecule has 1 aliphatic heterocycles. The molecule has 0 aromatic carbocycles. The summed E-state index contributed by atoms with van der Waals surface area (Å²) in [4.78, 5) is 4.85. The zero-order chi connectivity index (χ0) is 12.0. The SMILES string of the molecule is CC(CNCCN1CCN(C)CC1)S(C)=O. The molecule has 0 bridgehead atoms. The molecule has 1 saturated heterocycles. The van der Waals surface area contributed by atoms with Gasteiger partial charge in [-0.1, -0.05) is 0 Å². The molecule has 0 aliphatic carbocycles. The molecular weight excluding hydrogens is 222 g/mol. The lowest BCUT2D eigenvalue weighted by Crippen LogP contribution is -2.46. The van der Waals surface area contributed by atoms with Crippen LogP contribution in [0.15, 0.2) is 0 Å². The highest BCUT2D eigenvalue weighted by Crippen LogP contribution is 1.97. The molecule has 1 aliphatic rings. The summed E-state index contributed by atoms with van der Waals surface area (Å²) in [7, 11) is 1.47. The Morgan fingerprint density at radius 2 is 1.94 bits per heavy atom. The van der Waals surface area contributed by atoms with Gasteiger partial charge >= 0.3 is 0 Å². The van der Waals surface area contributed by atoms with E-state index in [0.29, 0.717) is 0 Å². The van der Waals surface area contributed by atoms with Gasteiger partial charge in [-0.25, -0.2) is 0 Å². The predicted octanol–water partition coefficient (Wildman–Crippen LogP) is -0.410. The Bertz CT molecular complexity index is 217. The fourth-order valence-electron chi connectivity index (χ4n) is 1.73. The van der Waals surface area contributed by atoms with Gasteiger partial charge in [0, 0.05) is 68.1 Å². The van der Waals surface area contributed by atoms with Gasteiger partial charge in [0.25, 0.3) is 0 Å². The minimum absolute atomic E-state index is 0.257. The third kappa shape index (κ3) is 5.39. The van der Waals surface area contributed by atoms with Crippen molar-refractivity contribution in [2.75, 3.05) is 59.1 Å². The van der Waals surface area contributed by atoms with Crippen LogP contribution in [0.5, 0.6) is 0 Å². The van der Waals surface area contributed by atoms with Crippen molar-refractivity contribution in [3.63, 3.8) is 0 Å². The van der Waals surface area contributed by atoms with Gasteiger partial charge in [-0.05, 0) is 14.0 Å². The van der Waals surface area contributed by atoms with E-state index in [2.05, 4.69) is 22.2 Å². The predicted molar refractivity (Wildman–Crippen MR) is 70.3 cm³/mol. The summed E-state index contributed by atoms with van der Waals surface area (Å²) in [6.45, 7) is 9.70. The molecule has 2 unspecified atom stereocenters. The van der Waals surface area contributed by atoms with Crippen LogP contribution in [0.3, 0.4) is 0 Å². The normalized spacial score (nSPS) is 23.2. The first kappa shape index (κ1) is 14.1. The fourth-order valence-corrected chi connectivity index (χ4v) is 2.08. The molecule has 0 radical (unpaired) electrons. The number of rotatable bonds is 6. The molecule has 4 nitrogen and oxygen atoms in total. The van der Waals surface area contributed by atoms with Gasteiger partial charge in [0.2, 0.25) is 0 Å². The van der Waals surface area contributed by atoms with Crippen molar-refractivity contribution in [1.29, 1.82) is 0 Å². The van der Waals surface area contributed by atoms with E-state index >= 15 is 0 Å². The van der Waals surface area contributed by atoms with Crippen molar-refractivity contribution >= 4 is 10.8 Å². The number of likely N-dealkylation sites (N-methyl/N-ethyl adjacent to an activating group) is 1. The molecule has 1 fully saturated rings. The summed E-state index contributed by atoms with van der Waals surface area (Å²) in [6, 6.07) is 0. The topological polar surface area (TPSA) is 35.6 Å². The Kier molecular flexibility index (Phi) is 6.49. The maximum Gasteiger partial charge on any atom is 0.0441 e. The van der Waals surface area contributed by atoms with E-state index in [1.807, 2.05) is 6.92 Å². The van der Waals surface area contributed by atoms with E-state index in [0.717, 1.165) is 19.6 Å². The molecule has 0 aromatic rings. The van der Waals surface area contributed by atoms with Crippen molar-refractivity contribution in [3.05, 3.63) is 0 Å². The van der Waals surface area contributed by atoms with E-state index in [4.69, 9.17) is 0 Å². The van der Waals surface area contributed by atoms with Crippen LogP contribution in [0.1, 0.15) is 6.92 Å². The lowest BCUT2D eigenvalue weighted by atomic mass is 10.3. The lowest BCUT2D eigenvalue weighted by Gasteiger charge is -2.32. The van der Waals surface area contributed by atoms with Crippen molar-refractivity contribution in [3.8, 4) is 0 Å². The maximum absolute atomic E-state index is 11.1. The zero-order valence-corrected chi connectivity index (χ0v) is 11.6. The Morgan fingerprint density at radius 3 is 2.50 bits per heavy atom. The van der Waals surface area contributed by atoms with E-state index in [-0.39, 0.29) is 5.25 Å². The minimum Gasteiger partial charge on any atom is -0.314 e. The highest BCUT2D eigenvalue weighted by atomic mass is 32.2. The van der Waals surface area contributed by atoms with Gasteiger partial charge in [0.15, 0.2) is 0 Å². The molecule has 2 atom stereocenters. The molecule has 5 heteroatoms. The number of nitrogens with one attached hydrogen (secondary N) is 1. The van der Waals surface area contributed by atoms with Crippen LogP contribution >= 0.6 is 0 Å². The van der Waals surface area contributed by atoms with Crippen molar-refractivity contribution in [1.82, 2.24) is 15.1 Å². The van der Waals surface area contributed by atoms with Crippen LogP contribution in [-0.4, -0.2) is 78.4 Å². The Morgan fingerprint density at radius 1 is 1.31 bits per heavy atom. The lowest BCUT2D eigenvalue weighted by molar-refractivity contribution is 0.155. The van der Waals surface area contributed by atoms with Crippen molar-refractivity contribution < 1.29 is 4.21 Å². The Hall–Kier alpha value is 0.0300. The van der Waals surface area contributed by atoms with E-state index in [1.165, 1.54) is 26.2 Å². The summed E-state index contributed by atoms with van der Waals surface area (Å²) < 4.78 is 11.1. The first-order valence-corrected chi connectivity index (χ1v) is 7.65. The monoisotopic (exact) mass is 247 g/mol. The first-order chi connectivity index (χ1) is 7.59. The van der Waals surface area contributed by atoms with Gasteiger partial charge < -0.3 is 10.2 Å². The smallest absolute Gasteiger partial charge is 0.0441 e. The molecule has 96 valence electrons. The van der Waals surface area contributed by atoms with Gasteiger partial charge in [0.1, 0.15) is 0 Å². The molecule has 1 heterocycles. The van der Waals surface area contributed by atoms with E-state index in [9.17, 15) is 4.21 Å². The van der Waals surface area contributed by atoms with Crippen LogP contribution in [-0.2, 0) is 10.8 Å². The van der Waals surface area contributed by atoms with Crippen LogP contribution < -0.4 is 5.32 Å². The standard InChI is InChI=1S/C11H25N3OS/c1-11(16(3)15)10-12-4-5-14-8-6-13(2)7-9-14/h11-12H,4-10H2,1-3H3. The molecule has 1 rings (SSSR count). The molecular formula is C11H25N3OS. The van der Waals surface area contributed by atoms with Gasteiger partial charge in [-0.3, -0.25) is 9.11 Å². The molecule has 0 saturated carbocycles. The summed E-state index contributed by atoms with van der Waals surface area (Å²) >= 11 is 0. The fraction of sp³-hybridized carbons (Fsp3) is 1.00. The number of hydrogen-bond donors (Lipinski definition) is 1. The Labute approximate surface area is 102 Å². The number of hydrogen-bond acceptors (Lipinski definition) is 4. The highest BCUT2D eigenvalue weighted by Gasteiger charge is 2.13. The number of piperazine rings is 1. The summed E-state index contributed by atoms with van der Waals surface area (Å²) in [5.41, 5.74) is 0. The minimum atomic E-state index is -0.706. The zero-order valence-electron chi connectivity index (χ0n) is 10.7. The van der Waals surface area contributed by atoms with Crippen LogP contribution in [0.2, 0.25) is 0 Å². The second kappa shape index (κ2) is 7.37. The average Bonchev–Trinajstić information content (AvgIpc) is 2.26. The van der Waals surface area contributed by atoms with Crippen molar-refractivity contribution in [2.45, 2.75) is 12.2 Å². The summed E-state index contributed by atoms with van der Waals surface area (Å²) in [5, 5.41) is 3.63. The molecule has 16 heavy (non-hydrogen) atoms. The average molecular weight is 247 g/mol. The van der Waals surface area contributed by atoms with E-state index in [1.54, 1.807) is 6.26 Å². The largest absolute Gasteiger partial charge is 0.314 e. The number of nitrogens with zero attached hydrogens (tertiary/aromatic N) is 2. The van der Waals surface area contributed by atoms with E-state index < -0.39 is 10.8 Å². The van der Waals surface area contributed by atoms with Crippen LogP contribution in [0.25, 0.3) is 0 Å². The Balaban J connectivity index is 2.01. The van der Waals surface area contributed by atoms with Crippen LogP contribution in [0, 0.1) is 0 Å². The van der Waals surface area contributed by atoms with Crippen molar-refractivity contribution in [2.24, 2.45) is 0 Å². The molecule has 1 N–H and O–H groups in total. The third-order valence-corrected chi connectivity index (χ3v) is 4.50. The second-order valence-electron chi connectivity index (χ2n) is 4.66. The quantitative estimate of drug-likeness (QED) is 0.647. The van der Waals surface area contributed by atoms with Crippen LogP contribution in [0.4, 0.5) is 0 Å². The van der Waals surface area contributed by atoms with Gasteiger partial charge in [-0.2, -0.15) is 0 Å². The summed E-state index contributed by atoms with van der Waals surface area (Å²) in [6.07, 6.45) is 1.77. The molecule has 0 spiro atoms. The molecule has 0 aromatic heterocycles. The highest BCUT2D eigenvalue weighted by molar-refractivity contribution is 7.84. The second-order valence-corrected chi connectivity index (χ2v) is 6.46. The third-order valence-electron chi connectivity index (χ3n) is 3.20. The maximum atomic E-state index is 11.1. The first-order valence-electron chi connectivity index (χ1n) is 6.03. The van der Waals surface area contributed by atoms with Gasteiger partial charge in [-0.15, -0.1) is 0 Å². The molecule has 0 amide bonds.